The second kappa shape index (κ2) is 12.4. The van der Waals surface area contributed by atoms with Crippen LogP contribution in [0.5, 0.6) is 0 Å². The van der Waals surface area contributed by atoms with Crippen molar-refractivity contribution in [2.24, 2.45) is 5.92 Å². The molecule has 0 amide bonds. The van der Waals surface area contributed by atoms with Crippen LogP contribution in [0.25, 0.3) is 0 Å². The third kappa shape index (κ3) is 6.48. The van der Waals surface area contributed by atoms with Crippen molar-refractivity contribution in [2.45, 2.75) is 95.7 Å². The summed E-state index contributed by atoms with van der Waals surface area (Å²) in [5, 5.41) is 0. The highest BCUT2D eigenvalue weighted by Crippen LogP contribution is 2.39. The molecule has 2 nitrogen and oxygen atoms in total. The number of hydrogen-bond acceptors (Lipinski definition) is 2. The summed E-state index contributed by atoms with van der Waals surface area (Å²) >= 11 is 0. The molecule has 2 aliphatic carbocycles. The largest absolute Gasteiger partial charge is 0.381 e. The topological polar surface area (TPSA) is 18.5 Å². The van der Waals surface area contributed by atoms with Gasteiger partial charge in [0, 0.05) is 19.3 Å². The summed E-state index contributed by atoms with van der Waals surface area (Å²) < 4.78 is 55.0. The van der Waals surface area contributed by atoms with E-state index in [2.05, 4.69) is 0 Å². The lowest BCUT2D eigenvalue weighted by Crippen LogP contribution is -2.20. The van der Waals surface area contributed by atoms with E-state index in [9.17, 15) is 13.2 Å². The molecule has 2 saturated carbocycles. The average molecular weight is 489 g/mol. The average Bonchev–Trinajstić information content (AvgIpc) is 2.89. The van der Waals surface area contributed by atoms with Crippen LogP contribution in [0.4, 0.5) is 13.2 Å². The standard InChI is InChI=1S/C30H39F3O2/c1-3-35-19-25-11-10-24(18-28(25)31)21-7-4-20(5-8-21)6-9-23-14-17-27(30(33)29(23)32)22-12-15-26(34-2)16-13-22/h10-11,14,17-18,20-22,26H,3-9,12-13,15-16,19H2,1-2H3. The number of methoxy groups -OCH3 is 1. The van der Waals surface area contributed by atoms with Gasteiger partial charge in [0.15, 0.2) is 11.6 Å². The van der Waals surface area contributed by atoms with E-state index in [0.29, 0.717) is 48.2 Å². The highest BCUT2D eigenvalue weighted by molar-refractivity contribution is 5.30. The fourth-order valence-electron chi connectivity index (χ4n) is 6.01. The van der Waals surface area contributed by atoms with Gasteiger partial charge in [-0.3, -0.25) is 0 Å². The Labute approximate surface area is 208 Å². The summed E-state index contributed by atoms with van der Waals surface area (Å²) in [5.74, 6) is -0.554. The molecule has 4 rings (SSSR count). The van der Waals surface area contributed by atoms with Crippen LogP contribution in [0, 0.1) is 23.4 Å². The van der Waals surface area contributed by atoms with E-state index in [0.717, 1.165) is 63.4 Å². The summed E-state index contributed by atoms with van der Waals surface area (Å²) in [5.41, 5.74) is 2.68. The number of halogens is 3. The molecule has 5 heteroatoms. The van der Waals surface area contributed by atoms with Crippen molar-refractivity contribution in [2.75, 3.05) is 13.7 Å². The quantitative estimate of drug-likeness (QED) is 0.354. The molecule has 0 aliphatic heterocycles. The molecule has 0 bridgehead atoms. The maximum Gasteiger partial charge on any atom is 0.162 e. The van der Waals surface area contributed by atoms with E-state index < -0.39 is 11.6 Å². The Kier molecular flexibility index (Phi) is 9.29. The van der Waals surface area contributed by atoms with Gasteiger partial charge in [0.05, 0.1) is 12.7 Å². The highest BCUT2D eigenvalue weighted by Gasteiger charge is 2.27. The van der Waals surface area contributed by atoms with Crippen molar-refractivity contribution in [1.82, 2.24) is 0 Å². The zero-order valence-corrected chi connectivity index (χ0v) is 21.1. The lowest BCUT2D eigenvalue weighted by atomic mass is 9.76. The van der Waals surface area contributed by atoms with Crippen molar-refractivity contribution in [3.63, 3.8) is 0 Å². The van der Waals surface area contributed by atoms with E-state index in [-0.39, 0.29) is 17.8 Å². The molecule has 0 aromatic heterocycles. The van der Waals surface area contributed by atoms with Crippen LogP contribution < -0.4 is 0 Å². The molecule has 2 aliphatic rings. The Bertz CT molecular complexity index is 960. The normalized spacial score (nSPS) is 25.1. The van der Waals surface area contributed by atoms with Crippen molar-refractivity contribution in [3.8, 4) is 0 Å². The van der Waals surface area contributed by atoms with Gasteiger partial charge in [-0.2, -0.15) is 0 Å². The molecule has 0 N–H and O–H groups in total. The van der Waals surface area contributed by atoms with Crippen LogP contribution in [0.15, 0.2) is 30.3 Å². The maximum atomic E-state index is 14.9. The van der Waals surface area contributed by atoms with E-state index in [1.165, 1.54) is 0 Å². The Hall–Kier alpha value is -1.85. The third-order valence-corrected chi connectivity index (χ3v) is 8.32. The molecular weight excluding hydrogens is 449 g/mol. The first kappa shape index (κ1) is 26.2. The summed E-state index contributed by atoms with van der Waals surface area (Å²) in [4.78, 5) is 0. The van der Waals surface area contributed by atoms with Crippen molar-refractivity contribution in [1.29, 1.82) is 0 Å². The number of aryl methyl sites for hydroxylation is 1. The van der Waals surface area contributed by atoms with Crippen molar-refractivity contribution < 1.29 is 22.6 Å². The van der Waals surface area contributed by atoms with Crippen molar-refractivity contribution >= 4 is 0 Å². The first-order chi connectivity index (χ1) is 17.0. The summed E-state index contributed by atoms with van der Waals surface area (Å²) in [6.07, 6.45) is 9.26. The van der Waals surface area contributed by atoms with Gasteiger partial charge in [-0.25, -0.2) is 13.2 Å². The van der Waals surface area contributed by atoms with Gasteiger partial charge < -0.3 is 9.47 Å². The highest BCUT2D eigenvalue weighted by atomic mass is 19.2. The third-order valence-electron chi connectivity index (χ3n) is 8.32. The van der Waals surface area contributed by atoms with E-state index >= 15 is 0 Å². The van der Waals surface area contributed by atoms with Crippen LogP contribution in [-0.4, -0.2) is 19.8 Å². The van der Waals surface area contributed by atoms with Crippen LogP contribution in [-0.2, 0) is 22.5 Å². The predicted octanol–water partition coefficient (Wildman–Crippen LogP) is 8.22. The Balaban J connectivity index is 1.28. The Morgan fingerprint density at radius 2 is 1.49 bits per heavy atom. The van der Waals surface area contributed by atoms with Crippen LogP contribution in [0.3, 0.4) is 0 Å². The fourth-order valence-corrected chi connectivity index (χ4v) is 6.01. The second-order valence-electron chi connectivity index (χ2n) is 10.4. The van der Waals surface area contributed by atoms with E-state index in [1.54, 1.807) is 19.2 Å². The first-order valence-electron chi connectivity index (χ1n) is 13.4. The lowest BCUT2D eigenvalue weighted by molar-refractivity contribution is 0.0655. The molecule has 0 spiro atoms. The number of benzene rings is 2. The molecule has 0 radical (unpaired) electrons. The van der Waals surface area contributed by atoms with Crippen LogP contribution >= 0.6 is 0 Å². The minimum atomic E-state index is -0.660. The molecular formula is C30H39F3O2. The molecule has 35 heavy (non-hydrogen) atoms. The van der Waals surface area contributed by atoms with Crippen LogP contribution in [0.2, 0.25) is 0 Å². The van der Waals surface area contributed by atoms with E-state index in [4.69, 9.17) is 9.47 Å². The molecule has 0 saturated heterocycles. The summed E-state index contributed by atoms with van der Waals surface area (Å²) in [7, 11) is 1.72. The van der Waals surface area contributed by atoms with Gasteiger partial charge in [0.25, 0.3) is 0 Å². The molecule has 0 atom stereocenters. The first-order valence-corrected chi connectivity index (χ1v) is 13.4. The molecule has 2 aromatic rings. The number of ether oxygens (including phenoxy) is 2. The minimum Gasteiger partial charge on any atom is -0.381 e. The molecule has 0 heterocycles. The molecule has 2 aromatic carbocycles. The van der Waals surface area contributed by atoms with Gasteiger partial charge in [0.2, 0.25) is 0 Å². The summed E-state index contributed by atoms with van der Waals surface area (Å²) in [6, 6.07) is 9.15. The van der Waals surface area contributed by atoms with Gasteiger partial charge >= 0.3 is 0 Å². The Morgan fingerprint density at radius 1 is 0.800 bits per heavy atom. The predicted molar refractivity (Wildman–Crippen MR) is 133 cm³/mol. The number of rotatable bonds is 9. The smallest absolute Gasteiger partial charge is 0.162 e. The number of hydrogen-bond donors (Lipinski definition) is 0. The van der Waals surface area contributed by atoms with E-state index in [1.807, 2.05) is 25.1 Å². The molecule has 192 valence electrons. The van der Waals surface area contributed by atoms with Gasteiger partial charge in [-0.05, 0) is 112 Å². The monoisotopic (exact) mass is 488 g/mol. The lowest BCUT2D eigenvalue weighted by Gasteiger charge is -2.29. The van der Waals surface area contributed by atoms with Crippen molar-refractivity contribution in [3.05, 3.63) is 70.0 Å². The zero-order valence-electron chi connectivity index (χ0n) is 21.1. The Morgan fingerprint density at radius 3 is 2.14 bits per heavy atom. The maximum absolute atomic E-state index is 14.9. The fraction of sp³-hybridized carbons (Fsp3) is 0.600. The van der Waals surface area contributed by atoms with Gasteiger partial charge in [-0.15, -0.1) is 0 Å². The molecule has 0 unspecified atom stereocenters. The SMILES string of the molecule is CCOCc1ccc(C2CCC(CCc3ccc(C4CCC(OC)CC4)c(F)c3F)CC2)cc1F. The zero-order chi connectivity index (χ0) is 24.8. The molecule has 2 fully saturated rings. The van der Waals surface area contributed by atoms with Gasteiger partial charge in [-0.1, -0.05) is 24.3 Å². The van der Waals surface area contributed by atoms with Crippen LogP contribution in [0.1, 0.15) is 98.8 Å². The van der Waals surface area contributed by atoms with Gasteiger partial charge in [0.1, 0.15) is 5.82 Å². The minimum absolute atomic E-state index is 0.0818. The summed E-state index contributed by atoms with van der Waals surface area (Å²) in [6.45, 7) is 2.78. The second-order valence-corrected chi connectivity index (χ2v) is 10.4.